The van der Waals surface area contributed by atoms with Gasteiger partial charge in [0.2, 0.25) is 0 Å². The second-order valence-electron chi connectivity index (χ2n) is 5.67. The number of hydrogen-bond acceptors (Lipinski definition) is 3. The molecule has 1 aromatic carbocycles. The lowest BCUT2D eigenvalue weighted by Crippen LogP contribution is -2.19. The van der Waals surface area contributed by atoms with E-state index in [2.05, 4.69) is 12.2 Å². The zero-order valence-corrected chi connectivity index (χ0v) is 13.6. The van der Waals surface area contributed by atoms with Gasteiger partial charge in [0.1, 0.15) is 5.75 Å². The summed E-state index contributed by atoms with van der Waals surface area (Å²) in [7, 11) is 0. The first kappa shape index (κ1) is 16.9. The molecule has 1 N–H and O–H groups in total. The summed E-state index contributed by atoms with van der Waals surface area (Å²) in [5.74, 6) is 3.88. The zero-order valence-electron chi connectivity index (χ0n) is 12.8. The van der Waals surface area contributed by atoms with Crippen LogP contribution in [0.25, 0.3) is 0 Å². The molecule has 0 radical (unpaired) electrons. The molecule has 0 amide bonds. The standard InChI is InChI=1S/C18H24O3S/c19-18(20)11-7-2-1-4-8-15-13-22-14-16(15)12-21-17-9-5-3-6-10-17/h1,3-6,9-10,15-16H,2,7-8,11-14H2,(H,19,20)/b4-1-/t15-,16+/m0/s1. The van der Waals surface area contributed by atoms with Crippen molar-refractivity contribution in [1.82, 2.24) is 0 Å². The molecule has 2 atom stereocenters. The molecule has 1 aliphatic heterocycles. The number of unbranched alkanes of at least 4 members (excludes halogenated alkanes) is 1. The van der Waals surface area contributed by atoms with Gasteiger partial charge >= 0.3 is 5.97 Å². The average molecular weight is 320 g/mol. The average Bonchev–Trinajstić information content (AvgIpc) is 2.97. The van der Waals surface area contributed by atoms with Crippen molar-refractivity contribution >= 4 is 17.7 Å². The van der Waals surface area contributed by atoms with E-state index in [9.17, 15) is 4.79 Å². The third kappa shape index (κ3) is 6.14. The zero-order chi connectivity index (χ0) is 15.6. The largest absolute Gasteiger partial charge is 0.493 e. The number of hydrogen-bond donors (Lipinski definition) is 1. The minimum atomic E-state index is -0.710. The van der Waals surface area contributed by atoms with E-state index in [0.29, 0.717) is 11.8 Å². The number of ether oxygens (including phenoxy) is 1. The highest BCUT2D eigenvalue weighted by Crippen LogP contribution is 2.33. The third-order valence-electron chi connectivity index (χ3n) is 3.90. The van der Waals surface area contributed by atoms with Gasteiger partial charge in [-0.1, -0.05) is 30.4 Å². The fourth-order valence-corrected chi connectivity index (χ4v) is 4.09. The smallest absolute Gasteiger partial charge is 0.303 e. The number of para-hydroxylation sites is 1. The molecule has 120 valence electrons. The van der Waals surface area contributed by atoms with Crippen molar-refractivity contribution in [3.05, 3.63) is 42.5 Å². The van der Waals surface area contributed by atoms with E-state index in [4.69, 9.17) is 9.84 Å². The van der Waals surface area contributed by atoms with E-state index in [0.717, 1.165) is 31.6 Å². The number of rotatable bonds is 9. The van der Waals surface area contributed by atoms with E-state index >= 15 is 0 Å². The Bertz CT molecular complexity index is 472. The Morgan fingerprint density at radius 3 is 2.77 bits per heavy atom. The molecule has 1 aliphatic rings. The van der Waals surface area contributed by atoms with Crippen molar-refractivity contribution in [2.24, 2.45) is 11.8 Å². The van der Waals surface area contributed by atoms with Gasteiger partial charge in [0.25, 0.3) is 0 Å². The van der Waals surface area contributed by atoms with Crippen LogP contribution in [0, 0.1) is 11.8 Å². The Morgan fingerprint density at radius 1 is 1.23 bits per heavy atom. The fraction of sp³-hybridized carbons (Fsp3) is 0.500. The number of carboxylic acid groups (broad SMARTS) is 1. The summed E-state index contributed by atoms with van der Waals surface area (Å²) in [5, 5.41) is 8.59. The monoisotopic (exact) mass is 320 g/mol. The van der Waals surface area contributed by atoms with Crippen molar-refractivity contribution in [2.45, 2.75) is 25.7 Å². The predicted molar refractivity (Wildman–Crippen MR) is 91.5 cm³/mol. The number of aliphatic carboxylic acids is 1. The molecule has 22 heavy (non-hydrogen) atoms. The molecule has 4 heteroatoms. The van der Waals surface area contributed by atoms with Crippen LogP contribution in [0.1, 0.15) is 25.7 Å². The van der Waals surface area contributed by atoms with Gasteiger partial charge in [-0.15, -0.1) is 0 Å². The molecule has 0 unspecified atom stereocenters. The Morgan fingerprint density at radius 2 is 2.00 bits per heavy atom. The lowest BCUT2D eigenvalue weighted by Gasteiger charge is -2.17. The lowest BCUT2D eigenvalue weighted by atomic mass is 9.93. The molecular weight excluding hydrogens is 296 g/mol. The highest BCUT2D eigenvalue weighted by atomic mass is 32.2. The predicted octanol–water partition coefficient (Wildman–Crippen LogP) is 4.25. The first-order chi connectivity index (χ1) is 10.8. The van der Waals surface area contributed by atoms with Gasteiger partial charge in [-0.05, 0) is 48.8 Å². The molecule has 1 saturated heterocycles. The van der Waals surface area contributed by atoms with Crippen LogP contribution in [-0.4, -0.2) is 29.2 Å². The number of carboxylic acids is 1. The van der Waals surface area contributed by atoms with Crippen LogP contribution in [0.3, 0.4) is 0 Å². The molecule has 3 nitrogen and oxygen atoms in total. The van der Waals surface area contributed by atoms with E-state index < -0.39 is 5.97 Å². The van der Waals surface area contributed by atoms with Gasteiger partial charge in [0.05, 0.1) is 6.61 Å². The van der Waals surface area contributed by atoms with Gasteiger partial charge in [-0.25, -0.2) is 0 Å². The molecule has 0 aromatic heterocycles. The SMILES string of the molecule is O=C(O)CCC/C=C\C[C@H]1CSC[C@H]1COc1ccccc1. The topological polar surface area (TPSA) is 46.5 Å². The summed E-state index contributed by atoms with van der Waals surface area (Å²) in [5.41, 5.74) is 0. The minimum Gasteiger partial charge on any atom is -0.493 e. The third-order valence-corrected chi connectivity index (χ3v) is 5.23. The van der Waals surface area contributed by atoms with Crippen molar-refractivity contribution in [2.75, 3.05) is 18.1 Å². The van der Waals surface area contributed by atoms with Crippen molar-refractivity contribution in [3.8, 4) is 5.75 Å². The molecular formula is C18H24O3S. The highest BCUT2D eigenvalue weighted by molar-refractivity contribution is 7.99. The molecule has 1 aromatic rings. The molecule has 1 fully saturated rings. The van der Waals surface area contributed by atoms with Crippen LogP contribution in [0.4, 0.5) is 0 Å². The van der Waals surface area contributed by atoms with E-state index in [-0.39, 0.29) is 6.42 Å². The Labute approximate surface area is 136 Å². The van der Waals surface area contributed by atoms with Crippen molar-refractivity contribution in [3.63, 3.8) is 0 Å². The first-order valence-electron chi connectivity index (χ1n) is 7.88. The van der Waals surface area contributed by atoms with E-state index in [1.165, 1.54) is 11.5 Å². The van der Waals surface area contributed by atoms with Gasteiger partial charge in [0, 0.05) is 12.3 Å². The van der Waals surface area contributed by atoms with Crippen molar-refractivity contribution < 1.29 is 14.6 Å². The maximum Gasteiger partial charge on any atom is 0.303 e. The maximum atomic E-state index is 10.4. The second-order valence-corrected chi connectivity index (χ2v) is 6.75. The summed E-state index contributed by atoms with van der Waals surface area (Å²) in [6, 6.07) is 9.99. The molecule has 0 spiro atoms. The normalized spacial score (nSPS) is 21.3. The quantitative estimate of drug-likeness (QED) is 0.546. The minimum absolute atomic E-state index is 0.261. The summed E-state index contributed by atoms with van der Waals surface area (Å²) >= 11 is 2.01. The Balaban J connectivity index is 1.67. The van der Waals surface area contributed by atoms with E-state index in [1.54, 1.807) is 0 Å². The van der Waals surface area contributed by atoms with E-state index in [1.807, 2.05) is 42.1 Å². The fourth-order valence-electron chi connectivity index (χ4n) is 2.57. The van der Waals surface area contributed by atoms with Crippen LogP contribution < -0.4 is 4.74 Å². The van der Waals surface area contributed by atoms with Crippen LogP contribution in [-0.2, 0) is 4.79 Å². The van der Waals surface area contributed by atoms with Gasteiger partial charge in [-0.3, -0.25) is 4.79 Å². The summed E-state index contributed by atoms with van der Waals surface area (Å²) in [4.78, 5) is 10.4. The Hall–Kier alpha value is -1.42. The number of thioether (sulfide) groups is 1. The number of benzene rings is 1. The maximum absolute atomic E-state index is 10.4. The van der Waals surface area contributed by atoms with Gasteiger partial charge < -0.3 is 9.84 Å². The Kier molecular flexibility index (Phi) is 7.37. The van der Waals surface area contributed by atoms with Gasteiger partial charge in [0.15, 0.2) is 0 Å². The second kappa shape index (κ2) is 9.57. The summed E-state index contributed by atoms with van der Waals surface area (Å²) in [6.07, 6.45) is 7.26. The first-order valence-corrected chi connectivity index (χ1v) is 9.03. The molecule has 1 heterocycles. The van der Waals surface area contributed by atoms with Gasteiger partial charge in [-0.2, -0.15) is 11.8 Å². The molecule has 2 rings (SSSR count). The number of carbonyl (C=O) groups is 1. The van der Waals surface area contributed by atoms with Crippen LogP contribution in [0.5, 0.6) is 5.75 Å². The van der Waals surface area contributed by atoms with Crippen molar-refractivity contribution in [1.29, 1.82) is 0 Å². The molecule has 0 bridgehead atoms. The highest BCUT2D eigenvalue weighted by Gasteiger charge is 2.27. The molecule has 0 aliphatic carbocycles. The van der Waals surface area contributed by atoms with Crippen LogP contribution in [0.2, 0.25) is 0 Å². The van der Waals surface area contributed by atoms with Crippen LogP contribution in [0.15, 0.2) is 42.5 Å². The summed E-state index contributed by atoms with van der Waals surface area (Å²) < 4.78 is 5.89. The summed E-state index contributed by atoms with van der Waals surface area (Å²) in [6.45, 7) is 0.786. The molecule has 0 saturated carbocycles. The van der Waals surface area contributed by atoms with Crippen LogP contribution >= 0.6 is 11.8 Å². The lowest BCUT2D eigenvalue weighted by molar-refractivity contribution is -0.137. The number of allylic oxidation sites excluding steroid dienone is 2.